The Balaban J connectivity index is 1.74. The quantitative estimate of drug-likeness (QED) is 0.743. The van der Waals surface area contributed by atoms with Crippen LogP contribution in [0, 0.1) is 0 Å². The smallest absolute Gasteiger partial charge is 0.0726 e. The number of ether oxygens (including phenoxy) is 1. The van der Waals surface area contributed by atoms with E-state index in [2.05, 4.69) is 12.2 Å². The van der Waals surface area contributed by atoms with Crippen molar-refractivity contribution in [2.45, 2.75) is 69.7 Å². The van der Waals surface area contributed by atoms with Crippen LogP contribution in [0.5, 0.6) is 0 Å². The number of hydrogen-bond donors (Lipinski definition) is 2. The third-order valence-corrected chi connectivity index (χ3v) is 3.74. The highest BCUT2D eigenvalue weighted by molar-refractivity contribution is 4.85. The predicted molar refractivity (Wildman–Crippen MR) is 61.8 cm³/mol. The lowest BCUT2D eigenvalue weighted by Crippen LogP contribution is -2.47. The number of hydrogen-bond acceptors (Lipinski definition) is 3. The van der Waals surface area contributed by atoms with Crippen LogP contribution in [0.3, 0.4) is 0 Å². The van der Waals surface area contributed by atoms with Crippen LogP contribution in [-0.2, 0) is 4.74 Å². The third kappa shape index (κ3) is 3.16. The second-order valence-electron chi connectivity index (χ2n) is 5.13. The number of nitrogens with one attached hydrogen (secondary N) is 1. The Kier molecular flexibility index (Phi) is 4.00. The van der Waals surface area contributed by atoms with Crippen LogP contribution in [0.25, 0.3) is 0 Å². The maximum absolute atomic E-state index is 5.98. The van der Waals surface area contributed by atoms with Gasteiger partial charge in [0.05, 0.1) is 6.10 Å². The molecule has 1 heterocycles. The molecule has 1 aliphatic carbocycles. The van der Waals surface area contributed by atoms with Crippen molar-refractivity contribution in [3.05, 3.63) is 0 Å². The summed E-state index contributed by atoms with van der Waals surface area (Å²) >= 11 is 0. The van der Waals surface area contributed by atoms with Crippen molar-refractivity contribution < 1.29 is 4.74 Å². The van der Waals surface area contributed by atoms with E-state index >= 15 is 0 Å². The molecule has 2 fully saturated rings. The summed E-state index contributed by atoms with van der Waals surface area (Å²) in [6, 6.07) is 1.52. The highest BCUT2D eigenvalue weighted by Gasteiger charge is 2.26. The van der Waals surface area contributed by atoms with Crippen LogP contribution in [0.2, 0.25) is 0 Å². The molecule has 0 aromatic heterocycles. The number of nitrogens with two attached hydrogens (primary N) is 1. The van der Waals surface area contributed by atoms with Crippen molar-refractivity contribution in [3.8, 4) is 0 Å². The van der Waals surface area contributed by atoms with E-state index in [1.807, 2.05) is 0 Å². The average molecular weight is 212 g/mol. The molecule has 3 nitrogen and oxygen atoms in total. The Morgan fingerprint density at radius 1 is 1.27 bits per heavy atom. The van der Waals surface area contributed by atoms with Gasteiger partial charge in [0.15, 0.2) is 0 Å². The molecule has 2 rings (SSSR count). The molecule has 0 aromatic carbocycles. The Hall–Kier alpha value is -0.120. The normalized spacial score (nSPS) is 39.2. The fourth-order valence-corrected chi connectivity index (χ4v) is 2.85. The van der Waals surface area contributed by atoms with E-state index in [1.54, 1.807) is 0 Å². The minimum absolute atomic E-state index is 0.410. The molecule has 0 radical (unpaired) electrons. The van der Waals surface area contributed by atoms with Crippen molar-refractivity contribution >= 4 is 0 Å². The molecular weight excluding hydrogens is 188 g/mol. The van der Waals surface area contributed by atoms with Crippen LogP contribution in [-0.4, -0.2) is 30.8 Å². The fraction of sp³-hybridized carbons (Fsp3) is 1.00. The lowest BCUT2D eigenvalue weighted by Gasteiger charge is -2.31. The van der Waals surface area contributed by atoms with Crippen LogP contribution in [0.15, 0.2) is 0 Å². The standard InChI is InChI=1S/C12H24N2O/c1-9(12-6-3-7-15-12)14-11-5-2-4-10(13)8-11/h9-12,14H,2-8,13H2,1H3. The molecule has 4 unspecified atom stereocenters. The van der Waals surface area contributed by atoms with Gasteiger partial charge in [-0.2, -0.15) is 0 Å². The fourth-order valence-electron chi connectivity index (χ4n) is 2.85. The van der Waals surface area contributed by atoms with E-state index in [9.17, 15) is 0 Å². The maximum atomic E-state index is 5.98. The zero-order chi connectivity index (χ0) is 10.7. The zero-order valence-corrected chi connectivity index (χ0v) is 9.74. The van der Waals surface area contributed by atoms with Crippen molar-refractivity contribution in [1.29, 1.82) is 0 Å². The van der Waals surface area contributed by atoms with Gasteiger partial charge in [-0.25, -0.2) is 0 Å². The first kappa shape index (κ1) is 11.4. The van der Waals surface area contributed by atoms with E-state index in [-0.39, 0.29) is 0 Å². The second kappa shape index (κ2) is 5.28. The van der Waals surface area contributed by atoms with Crippen LogP contribution < -0.4 is 11.1 Å². The van der Waals surface area contributed by atoms with E-state index in [4.69, 9.17) is 10.5 Å². The summed E-state index contributed by atoms with van der Waals surface area (Å²) < 4.78 is 5.69. The first-order valence-corrected chi connectivity index (χ1v) is 6.39. The molecule has 88 valence electrons. The Morgan fingerprint density at radius 3 is 2.80 bits per heavy atom. The van der Waals surface area contributed by atoms with Crippen LogP contribution in [0.1, 0.15) is 45.4 Å². The SMILES string of the molecule is CC(NC1CCCC(N)C1)C1CCCO1. The Bertz CT molecular complexity index is 192. The largest absolute Gasteiger partial charge is 0.377 e. The van der Waals surface area contributed by atoms with Gasteiger partial charge in [0, 0.05) is 24.7 Å². The van der Waals surface area contributed by atoms with E-state index < -0.39 is 0 Å². The maximum Gasteiger partial charge on any atom is 0.0726 e. The monoisotopic (exact) mass is 212 g/mol. The van der Waals surface area contributed by atoms with E-state index in [0.29, 0.717) is 24.2 Å². The summed E-state index contributed by atoms with van der Waals surface area (Å²) in [6.45, 7) is 3.19. The molecule has 0 spiro atoms. The molecule has 15 heavy (non-hydrogen) atoms. The zero-order valence-electron chi connectivity index (χ0n) is 9.74. The average Bonchev–Trinajstić information content (AvgIpc) is 2.70. The van der Waals surface area contributed by atoms with Crippen LogP contribution >= 0.6 is 0 Å². The summed E-state index contributed by atoms with van der Waals surface area (Å²) in [5.74, 6) is 0. The molecular formula is C12H24N2O. The summed E-state index contributed by atoms with van der Waals surface area (Å²) in [4.78, 5) is 0. The van der Waals surface area contributed by atoms with Gasteiger partial charge in [0.1, 0.15) is 0 Å². The van der Waals surface area contributed by atoms with Crippen LogP contribution in [0.4, 0.5) is 0 Å². The second-order valence-corrected chi connectivity index (χ2v) is 5.13. The van der Waals surface area contributed by atoms with Gasteiger partial charge < -0.3 is 15.8 Å². The highest BCUT2D eigenvalue weighted by atomic mass is 16.5. The molecule has 2 aliphatic rings. The first-order chi connectivity index (χ1) is 7.25. The molecule has 0 aromatic rings. The molecule has 0 bridgehead atoms. The summed E-state index contributed by atoms with van der Waals surface area (Å²) in [5, 5.41) is 3.69. The lowest BCUT2D eigenvalue weighted by atomic mass is 9.91. The van der Waals surface area contributed by atoms with Crippen molar-refractivity contribution in [3.63, 3.8) is 0 Å². The summed E-state index contributed by atoms with van der Waals surface area (Å²) in [6.07, 6.45) is 7.77. The van der Waals surface area contributed by atoms with Gasteiger partial charge in [-0.05, 0) is 39.0 Å². The van der Waals surface area contributed by atoms with Gasteiger partial charge in [0.25, 0.3) is 0 Å². The third-order valence-electron chi connectivity index (χ3n) is 3.74. The van der Waals surface area contributed by atoms with Crippen molar-refractivity contribution in [1.82, 2.24) is 5.32 Å². The Morgan fingerprint density at radius 2 is 2.13 bits per heavy atom. The van der Waals surface area contributed by atoms with Gasteiger partial charge in [0.2, 0.25) is 0 Å². The highest BCUT2D eigenvalue weighted by Crippen LogP contribution is 2.20. The molecule has 3 heteroatoms. The minimum atomic E-state index is 0.410. The molecule has 4 atom stereocenters. The molecule has 3 N–H and O–H groups in total. The van der Waals surface area contributed by atoms with E-state index in [1.165, 1.54) is 32.1 Å². The molecule has 1 saturated carbocycles. The molecule has 1 saturated heterocycles. The first-order valence-electron chi connectivity index (χ1n) is 6.39. The van der Waals surface area contributed by atoms with E-state index in [0.717, 1.165) is 13.0 Å². The van der Waals surface area contributed by atoms with Gasteiger partial charge in [-0.1, -0.05) is 6.42 Å². The summed E-state index contributed by atoms with van der Waals surface area (Å²) in [5.41, 5.74) is 5.98. The summed E-state index contributed by atoms with van der Waals surface area (Å²) in [7, 11) is 0. The van der Waals surface area contributed by atoms with Crippen molar-refractivity contribution in [2.24, 2.45) is 5.73 Å². The topological polar surface area (TPSA) is 47.3 Å². The van der Waals surface area contributed by atoms with Crippen molar-refractivity contribution in [2.75, 3.05) is 6.61 Å². The molecule has 1 aliphatic heterocycles. The van der Waals surface area contributed by atoms with Gasteiger partial charge in [-0.15, -0.1) is 0 Å². The van der Waals surface area contributed by atoms with Gasteiger partial charge in [-0.3, -0.25) is 0 Å². The molecule has 0 amide bonds. The minimum Gasteiger partial charge on any atom is -0.377 e. The van der Waals surface area contributed by atoms with Gasteiger partial charge >= 0.3 is 0 Å². The predicted octanol–water partition coefficient (Wildman–Crippen LogP) is 1.41. The number of rotatable bonds is 3. The lowest BCUT2D eigenvalue weighted by molar-refractivity contribution is 0.0770. The Labute approximate surface area is 92.7 Å².